The van der Waals surface area contributed by atoms with Crippen LogP contribution in [0.4, 0.5) is 0 Å². The lowest BCUT2D eigenvalue weighted by Gasteiger charge is -2.10. The largest absolute Gasteiger partial charge is 0.369 e. The minimum Gasteiger partial charge on any atom is -0.369 e. The molecule has 7 heteroatoms. The molecule has 0 spiro atoms. The number of nitrogens with zero attached hydrogens (tertiary/aromatic N) is 3. The monoisotopic (exact) mass is 280 g/mol. The molecule has 1 aromatic carbocycles. The molecule has 0 bridgehead atoms. The molecule has 2 aromatic rings. The van der Waals surface area contributed by atoms with E-state index in [2.05, 4.69) is 10.1 Å². The van der Waals surface area contributed by atoms with Crippen molar-refractivity contribution in [2.45, 2.75) is 6.54 Å². The molecule has 0 atom stereocenters. The van der Waals surface area contributed by atoms with Gasteiger partial charge in [0.05, 0.1) is 13.1 Å². The van der Waals surface area contributed by atoms with Gasteiger partial charge >= 0.3 is 0 Å². The lowest BCUT2D eigenvalue weighted by Crippen LogP contribution is -2.30. The normalized spacial score (nSPS) is 10.9. The first-order valence-corrected chi connectivity index (χ1v) is 5.98. The molecule has 0 unspecified atom stereocenters. The fraction of sp³-hybridized carbons (Fsp3) is 0.250. The van der Waals surface area contributed by atoms with Crippen molar-refractivity contribution in [2.24, 2.45) is 5.73 Å². The van der Waals surface area contributed by atoms with Gasteiger partial charge in [0.25, 0.3) is 5.89 Å². The van der Waals surface area contributed by atoms with Crippen molar-refractivity contribution in [3.63, 3.8) is 0 Å². The van der Waals surface area contributed by atoms with Crippen LogP contribution in [0.1, 0.15) is 5.82 Å². The predicted octanol–water partition coefficient (Wildman–Crippen LogP) is 1.31. The topological polar surface area (TPSA) is 85.2 Å². The number of benzene rings is 1. The zero-order valence-electron chi connectivity index (χ0n) is 10.3. The molecule has 0 fully saturated rings. The van der Waals surface area contributed by atoms with Crippen molar-refractivity contribution < 1.29 is 9.32 Å². The minimum absolute atomic E-state index is 0.144. The lowest BCUT2D eigenvalue weighted by atomic mass is 10.2. The van der Waals surface area contributed by atoms with Crippen LogP contribution >= 0.6 is 11.6 Å². The molecule has 100 valence electrons. The second kappa shape index (κ2) is 5.81. The Kier molecular flexibility index (Phi) is 4.13. The molecule has 1 heterocycles. The Hall–Kier alpha value is -1.92. The zero-order valence-corrected chi connectivity index (χ0v) is 11.1. The fourth-order valence-corrected chi connectivity index (χ4v) is 1.72. The standard InChI is InChI=1S/C12H13ClN4O2/c1-17(6-10(14)18)7-11-15-12(19-16-11)8-2-4-9(13)5-3-8/h2-5H,6-7H2,1H3,(H2,14,18). The summed E-state index contributed by atoms with van der Waals surface area (Å²) in [5.41, 5.74) is 5.89. The summed E-state index contributed by atoms with van der Waals surface area (Å²) in [5.74, 6) is 0.511. The van der Waals surface area contributed by atoms with Crippen LogP contribution in [0.5, 0.6) is 0 Å². The van der Waals surface area contributed by atoms with Crippen LogP contribution in [0.3, 0.4) is 0 Å². The van der Waals surface area contributed by atoms with Gasteiger partial charge in [-0.1, -0.05) is 16.8 Å². The lowest BCUT2D eigenvalue weighted by molar-refractivity contribution is -0.118. The highest BCUT2D eigenvalue weighted by Crippen LogP contribution is 2.19. The van der Waals surface area contributed by atoms with Crippen LogP contribution in [-0.4, -0.2) is 34.5 Å². The summed E-state index contributed by atoms with van der Waals surface area (Å²) >= 11 is 5.80. The molecule has 19 heavy (non-hydrogen) atoms. The number of primary amides is 1. The molecule has 2 rings (SSSR count). The molecule has 0 saturated carbocycles. The number of rotatable bonds is 5. The van der Waals surface area contributed by atoms with E-state index in [1.807, 2.05) is 0 Å². The van der Waals surface area contributed by atoms with Gasteiger partial charge in [-0.15, -0.1) is 0 Å². The summed E-state index contributed by atoms with van der Waals surface area (Å²) in [6.07, 6.45) is 0. The molecule has 0 aliphatic heterocycles. The van der Waals surface area contributed by atoms with E-state index in [9.17, 15) is 4.79 Å². The van der Waals surface area contributed by atoms with Gasteiger partial charge in [0.2, 0.25) is 5.91 Å². The summed E-state index contributed by atoms with van der Waals surface area (Å²) < 4.78 is 5.15. The highest BCUT2D eigenvalue weighted by Gasteiger charge is 2.11. The summed E-state index contributed by atoms with van der Waals surface area (Å²) in [6, 6.07) is 7.10. The average Bonchev–Trinajstić information content (AvgIpc) is 2.77. The summed E-state index contributed by atoms with van der Waals surface area (Å²) in [6.45, 7) is 0.533. The Balaban J connectivity index is 2.06. The van der Waals surface area contributed by atoms with Crippen molar-refractivity contribution in [3.8, 4) is 11.5 Å². The number of carbonyl (C=O) groups excluding carboxylic acids is 1. The maximum atomic E-state index is 10.8. The Morgan fingerprint density at radius 1 is 1.42 bits per heavy atom. The molecule has 0 aliphatic rings. The third kappa shape index (κ3) is 3.77. The number of hydrogen-bond acceptors (Lipinski definition) is 5. The van der Waals surface area contributed by atoms with Crippen LogP contribution in [0.2, 0.25) is 5.02 Å². The highest BCUT2D eigenvalue weighted by molar-refractivity contribution is 6.30. The van der Waals surface area contributed by atoms with Gasteiger partial charge in [0.1, 0.15) is 0 Å². The summed E-state index contributed by atoms with van der Waals surface area (Å²) in [7, 11) is 1.75. The van der Waals surface area contributed by atoms with Gasteiger partial charge < -0.3 is 10.3 Å². The Morgan fingerprint density at radius 2 is 2.11 bits per heavy atom. The quantitative estimate of drug-likeness (QED) is 0.892. The third-order valence-electron chi connectivity index (χ3n) is 2.40. The number of likely N-dealkylation sites (N-methyl/N-ethyl adjacent to an activating group) is 1. The fourth-order valence-electron chi connectivity index (χ4n) is 1.59. The van der Waals surface area contributed by atoms with Crippen molar-refractivity contribution in [1.82, 2.24) is 15.0 Å². The Morgan fingerprint density at radius 3 is 2.74 bits per heavy atom. The van der Waals surface area contributed by atoms with Crippen LogP contribution in [-0.2, 0) is 11.3 Å². The van der Waals surface area contributed by atoms with E-state index in [-0.39, 0.29) is 6.54 Å². The molecule has 1 amide bonds. The highest BCUT2D eigenvalue weighted by atomic mass is 35.5. The molecule has 0 radical (unpaired) electrons. The van der Waals surface area contributed by atoms with E-state index in [0.29, 0.717) is 23.3 Å². The minimum atomic E-state index is -0.399. The van der Waals surface area contributed by atoms with Gasteiger partial charge in [0.15, 0.2) is 5.82 Å². The van der Waals surface area contributed by atoms with Gasteiger partial charge in [-0.2, -0.15) is 4.98 Å². The van der Waals surface area contributed by atoms with Gasteiger partial charge in [-0.25, -0.2) is 0 Å². The number of aromatic nitrogens is 2. The van der Waals surface area contributed by atoms with Crippen LogP contribution in [0, 0.1) is 0 Å². The van der Waals surface area contributed by atoms with Crippen molar-refractivity contribution >= 4 is 17.5 Å². The van der Waals surface area contributed by atoms with E-state index >= 15 is 0 Å². The van der Waals surface area contributed by atoms with Crippen LogP contribution in [0.25, 0.3) is 11.5 Å². The van der Waals surface area contributed by atoms with Crippen molar-refractivity contribution in [2.75, 3.05) is 13.6 Å². The molecule has 0 aliphatic carbocycles. The smallest absolute Gasteiger partial charge is 0.257 e. The van der Waals surface area contributed by atoms with Crippen LogP contribution in [0.15, 0.2) is 28.8 Å². The first kappa shape index (κ1) is 13.5. The van der Waals surface area contributed by atoms with Gasteiger partial charge in [0, 0.05) is 10.6 Å². The second-order valence-corrected chi connectivity index (χ2v) is 4.60. The van der Waals surface area contributed by atoms with E-state index < -0.39 is 5.91 Å². The van der Waals surface area contributed by atoms with E-state index in [0.717, 1.165) is 5.56 Å². The zero-order chi connectivity index (χ0) is 13.8. The maximum Gasteiger partial charge on any atom is 0.257 e. The van der Waals surface area contributed by atoms with E-state index in [4.69, 9.17) is 21.9 Å². The number of carbonyl (C=O) groups is 1. The first-order valence-electron chi connectivity index (χ1n) is 5.60. The van der Waals surface area contributed by atoms with Crippen molar-refractivity contribution in [3.05, 3.63) is 35.1 Å². The molecular weight excluding hydrogens is 268 g/mol. The van der Waals surface area contributed by atoms with Gasteiger partial charge in [-0.3, -0.25) is 9.69 Å². The van der Waals surface area contributed by atoms with Gasteiger partial charge in [-0.05, 0) is 31.3 Å². The van der Waals surface area contributed by atoms with E-state index in [1.165, 1.54) is 0 Å². The Labute approximate surface area is 115 Å². The number of amides is 1. The summed E-state index contributed by atoms with van der Waals surface area (Å²) in [4.78, 5) is 16.7. The second-order valence-electron chi connectivity index (χ2n) is 4.16. The van der Waals surface area contributed by atoms with E-state index in [1.54, 1.807) is 36.2 Å². The SMILES string of the molecule is CN(CC(N)=O)Cc1noc(-c2ccc(Cl)cc2)n1. The predicted molar refractivity (Wildman–Crippen MR) is 70.3 cm³/mol. The molecule has 1 aromatic heterocycles. The molecule has 0 saturated heterocycles. The molecule has 6 nitrogen and oxygen atoms in total. The maximum absolute atomic E-state index is 10.8. The number of hydrogen-bond donors (Lipinski definition) is 1. The number of nitrogens with two attached hydrogens (primary N) is 1. The summed E-state index contributed by atoms with van der Waals surface area (Å²) in [5, 5.41) is 4.49. The Bertz CT molecular complexity index is 567. The average molecular weight is 281 g/mol. The van der Waals surface area contributed by atoms with Crippen LogP contribution < -0.4 is 5.73 Å². The first-order chi connectivity index (χ1) is 9.04. The third-order valence-corrected chi connectivity index (χ3v) is 2.65. The molecule has 2 N–H and O–H groups in total. The van der Waals surface area contributed by atoms with Crippen molar-refractivity contribution in [1.29, 1.82) is 0 Å². The molecular formula is C12H13ClN4O2. The number of halogens is 1.